The summed E-state index contributed by atoms with van der Waals surface area (Å²) in [5.74, 6) is -1.41. The van der Waals surface area contributed by atoms with Gasteiger partial charge in [0.1, 0.15) is 0 Å². The first-order valence-electron chi connectivity index (χ1n) is 4.29. The van der Waals surface area contributed by atoms with E-state index in [2.05, 4.69) is 4.98 Å². The number of pyridine rings is 1. The van der Waals surface area contributed by atoms with E-state index in [0.717, 1.165) is 0 Å². The Morgan fingerprint density at radius 2 is 2.19 bits per heavy atom. The molecule has 3 nitrogen and oxygen atoms in total. The summed E-state index contributed by atoms with van der Waals surface area (Å²) in [6.45, 7) is 0. The molecule has 0 unspecified atom stereocenters. The zero-order chi connectivity index (χ0) is 12.2. The molecule has 0 aromatic carbocycles. The van der Waals surface area contributed by atoms with E-state index in [9.17, 15) is 18.0 Å². The number of nitrogens with zero attached hydrogens (tertiary/aromatic N) is 1. The molecule has 1 heterocycles. The number of aliphatic carboxylic acids is 1. The van der Waals surface area contributed by atoms with E-state index in [1.807, 2.05) is 0 Å². The second-order valence-electron chi connectivity index (χ2n) is 3.04. The van der Waals surface area contributed by atoms with Crippen LogP contribution < -0.4 is 0 Å². The Bertz CT molecular complexity index is 398. The molecule has 0 saturated heterocycles. The lowest BCUT2D eigenvalue weighted by Gasteiger charge is -2.09. The molecule has 16 heavy (non-hydrogen) atoms. The highest BCUT2D eigenvalue weighted by Crippen LogP contribution is 2.29. The molecule has 0 aliphatic rings. The number of carbonyl (C=O) groups is 1. The number of carboxylic acids is 1. The smallest absolute Gasteiger partial charge is 0.393 e. The van der Waals surface area contributed by atoms with Gasteiger partial charge in [0.05, 0.1) is 6.42 Å². The van der Waals surface area contributed by atoms with Gasteiger partial charge in [0.25, 0.3) is 0 Å². The molecule has 1 aromatic rings. The predicted octanol–water partition coefficient (Wildman–Crippen LogP) is 2.50. The fraction of sp³-hybridized carbons (Fsp3) is 0.200. The van der Waals surface area contributed by atoms with Gasteiger partial charge in [-0.2, -0.15) is 13.2 Å². The minimum Gasteiger partial charge on any atom is -0.478 e. The van der Waals surface area contributed by atoms with E-state index >= 15 is 0 Å². The Kier molecular flexibility index (Phi) is 3.65. The Morgan fingerprint density at radius 3 is 2.62 bits per heavy atom. The van der Waals surface area contributed by atoms with Crippen LogP contribution in [0.1, 0.15) is 12.0 Å². The second-order valence-corrected chi connectivity index (χ2v) is 3.04. The molecule has 1 aromatic heterocycles. The van der Waals surface area contributed by atoms with Crippen LogP contribution in [0.15, 0.2) is 30.6 Å². The largest absolute Gasteiger partial charge is 0.478 e. The molecule has 6 heteroatoms. The Morgan fingerprint density at radius 1 is 1.50 bits per heavy atom. The van der Waals surface area contributed by atoms with Gasteiger partial charge in [-0.05, 0) is 17.2 Å². The van der Waals surface area contributed by atoms with Crippen LogP contribution in [0.25, 0.3) is 5.57 Å². The van der Waals surface area contributed by atoms with Crippen molar-refractivity contribution in [2.24, 2.45) is 0 Å². The molecular weight excluding hydrogens is 223 g/mol. The fourth-order valence-corrected chi connectivity index (χ4v) is 1.15. The Labute approximate surface area is 89.2 Å². The number of hydrogen-bond acceptors (Lipinski definition) is 2. The number of aromatic nitrogens is 1. The summed E-state index contributed by atoms with van der Waals surface area (Å²) in [5, 5.41) is 8.48. The lowest BCUT2D eigenvalue weighted by Crippen LogP contribution is -2.09. The number of rotatable bonds is 3. The molecule has 0 bridgehead atoms. The maximum absolute atomic E-state index is 12.2. The van der Waals surface area contributed by atoms with E-state index in [4.69, 9.17) is 5.11 Å². The Balaban J connectivity index is 3.03. The molecule has 0 aliphatic carbocycles. The second kappa shape index (κ2) is 4.78. The molecule has 86 valence electrons. The SMILES string of the molecule is O=C(O)/C=C(\CC(F)(F)F)c1cccnc1. The van der Waals surface area contributed by atoms with Crippen molar-refractivity contribution in [1.82, 2.24) is 4.98 Å². The van der Waals surface area contributed by atoms with Gasteiger partial charge >= 0.3 is 12.1 Å². The predicted molar refractivity (Wildman–Crippen MR) is 50.5 cm³/mol. The lowest BCUT2D eigenvalue weighted by atomic mass is 10.0. The van der Waals surface area contributed by atoms with Crippen LogP contribution >= 0.6 is 0 Å². The zero-order valence-corrected chi connectivity index (χ0v) is 8.03. The number of halogens is 3. The summed E-state index contributed by atoms with van der Waals surface area (Å²) in [5.41, 5.74) is -0.157. The first kappa shape index (κ1) is 12.2. The molecule has 0 fully saturated rings. The third-order valence-corrected chi connectivity index (χ3v) is 1.72. The molecule has 1 N–H and O–H groups in total. The maximum Gasteiger partial charge on any atom is 0.393 e. The van der Waals surface area contributed by atoms with Crippen LogP contribution in [-0.2, 0) is 4.79 Å². The Hall–Kier alpha value is -1.85. The van der Waals surface area contributed by atoms with Crippen molar-refractivity contribution in [2.45, 2.75) is 12.6 Å². The fourth-order valence-electron chi connectivity index (χ4n) is 1.15. The van der Waals surface area contributed by atoms with Crippen molar-refractivity contribution in [2.75, 3.05) is 0 Å². The van der Waals surface area contributed by atoms with Gasteiger partial charge in [-0.3, -0.25) is 4.98 Å². The third-order valence-electron chi connectivity index (χ3n) is 1.72. The molecule has 0 spiro atoms. The highest BCUT2D eigenvalue weighted by atomic mass is 19.4. The summed E-state index contributed by atoms with van der Waals surface area (Å²) in [6, 6.07) is 2.83. The molecular formula is C10H8F3NO2. The standard InChI is InChI=1S/C10H8F3NO2/c11-10(12,13)5-8(4-9(15)16)7-2-1-3-14-6-7/h1-4,6H,5H2,(H,15,16)/b8-4+. The molecule has 0 amide bonds. The average Bonchev–Trinajstić information content (AvgIpc) is 2.15. The van der Waals surface area contributed by atoms with Crippen molar-refractivity contribution in [1.29, 1.82) is 0 Å². The van der Waals surface area contributed by atoms with Gasteiger partial charge in [0, 0.05) is 18.5 Å². The van der Waals surface area contributed by atoms with E-state index in [-0.39, 0.29) is 11.1 Å². The van der Waals surface area contributed by atoms with Crippen molar-refractivity contribution >= 4 is 11.5 Å². The van der Waals surface area contributed by atoms with E-state index in [0.29, 0.717) is 6.08 Å². The van der Waals surface area contributed by atoms with E-state index in [1.54, 1.807) is 0 Å². The normalized spacial score (nSPS) is 12.6. The minimum absolute atomic E-state index is 0.155. The topological polar surface area (TPSA) is 50.2 Å². The van der Waals surface area contributed by atoms with Gasteiger partial charge < -0.3 is 5.11 Å². The van der Waals surface area contributed by atoms with Gasteiger partial charge in [-0.25, -0.2) is 4.79 Å². The number of allylic oxidation sites excluding steroid dienone is 1. The molecule has 0 aliphatic heterocycles. The summed E-state index contributed by atoms with van der Waals surface area (Å²) >= 11 is 0. The van der Waals surface area contributed by atoms with Crippen LogP contribution in [0.3, 0.4) is 0 Å². The highest BCUT2D eigenvalue weighted by molar-refractivity contribution is 5.90. The summed E-state index contributed by atoms with van der Waals surface area (Å²) in [6.07, 6.45) is -2.59. The van der Waals surface area contributed by atoms with E-state index < -0.39 is 18.6 Å². The number of carboxylic acid groups (broad SMARTS) is 1. The molecule has 0 saturated carbocycles. The van der Waals surface area contributed by atoms with Gasteiger partial charge in [0.15, 0.2) is 0 Å². The first-order valence-corrected chi connectivity index (χ1v) is 4.29. The van der Waals surface area contributed by atoms with Crippen LogP contribution in [0.5, 0.6) is 0 Å². The van der Waals surface area contributed by atoms with Crippen LogP contribution in [0.4, 0.5) is 13.2 Å². The van der Waals surface area contributed by atoms with Crippen LogP contribution in [0.2, 0.25) is 0 Å². The number of alkyl halides is 3. The minimum atomic E-state index is -4.45. The summed E-state index contributed by atoms with van der Waals surface area (Å²) in [7, 11) is 0. The molecule has 0 radical (unpaired) electrons. The van der Waals surface area contributed by atoms with Gasteiger partial charge in [0.2, 0.25) is 0 Å². The van der Waals surface area contributed by atoms with Crippen molar-refractivity contribution < 1.29 is 23.1 Å². The zero-order valence-electron chi connectivity index (χ0n) is 8.03. The first-order chi connectivity index (χ1) is 7.38. The average molecular weight is 231 g/mol. The highest BCUT2D eigenvalue weighted by Gasteiger charge is 2.29. The third kappa shape index (κ3) is 4.12. The van der Waals surface area contributed by atoms with E-state index in [1.165, 1.54) is 24.5 Å². The van der Waals surface area contributed by atoms with Crippen molar-refractivity contribution in [3.63, 3.8) is 0 Å². The summed E-state index contributed by atoms with van der Waals surface area (Å²) in [4.78, 5) is 14.0. The molecule has 0 atom stereocenters. The van der Waals surface area contributed by atoms with Crippen molar-refractivity contribution in [3.8, 4) is 0 Å². The lowest BCUT2D eigenvalue weighted by molar-refractivity contribution is -0.131. The molecule has 1 rings (SSSR count). The monoisotopic (exact) mass is 231 g/mol. The van der Waals surface area contributed by atoms with Crippen molar-refractivity contribution in [3.05, 3.63) is 36.2 Å². The maximum atomic E-state index is 12.2. The quantitative estimate of drug-likeness (QED) is 0.813. The van der Waals surface area contributed by atoms with Gasteiger partial charge in [-0.1, -0.05) is 6.07 Å². The summed E-state index contributed by atoms with van der Waals surface area (Å²) < 4.78 is 36.6. The number of hydrogen-bond donors (Lipinski definition) is 1. The van der Waals surface area contributed by atoms with Crippen LogP contribution in [-0.4, -0.2) is 22.2 Å². The van der Waals surface area contributed by atoms with Crippen LogP contribution in [0, 0.1) is 0 Å². The van der Waals surface area contributed by atoms with Gasteiger partial charge in [-0.15, -0.1) is 0 Å².